The van der Waals surface area contributed by atoms with Crippen molar-refractivity contribution in [2.75, 3.05) is 7.05 Å². The van der Waals surface area contributed by atoms with E-state index in [-0.39, 0.29) is 0 Å². The first-order valence-corrected chi connectivity index (χ1v) is 7.52. The zero-order valence-corrected chi connectivity index (χ0v) is 12.2. The molecule has 1 unspecified atom stereocenters. The molecule has 1 nitrogen and oxygen atoms in total. The van der Waals surface area contributed by atoms with Gasteiger partial charge in [-0.05, 0) is 31.0 Å². The molecule has 0 radical (unpaired) electrons. The first-order valence-electron chi connectivity index (χ1n) is 6.73. The van der Waals surface area contributed by atoms with Crippen LogP contribution in [0.2, 0.25) is 0 Å². The molecule has 0 bridgehead atoms. The summed E-state index contributed by atoms with van der Waals surface area (Å²) in [6.45, 7) is 0. The van der Waals surface area contributed by atoms with Crippen molar-refractivity contribution in [1.82, 2.24) is 5.32 Å². The third-order valence-corrected chi connectivity index (χ3v) is 4.65. The van der Waals surface area contributed by atoms with Crippen molar-refractivity contribution in [2.24, 2.45) is 5.92 Å². The van der Waals surface area contributed by atoms with Crippen molar-refractivity contribution in [3.63, 3.8) is 0 Å². The van der Waals surface area contributed by atoms with Crippen LogP contribution in [0, 0.1) is 5.92 Å². The van der Waals surface area contributed by atoms with Crippen molar-refractivity contribution in [1.29, 1.82) is 0 Å². The minimum atomic E-state index is 0.494. The highest BCUT2D eigenvalue weighted by Crippen LogP contribution is 2.33. The number of halogens is 1. The van der Waals surface area contributed by atoms with Crippen LogP contribution in [0.3, 0.4) is 0 Å². The molecule has 1 aromatic carbocycles. The summed E-state index contributed by atoms with van der Waals surface area (Å²) in [6.07, 6.45) is 8.41. The molecule has 0 amide bonds. The molecule has 94 valence electrons. The minimum Gasteiger partial charge on any atom is -0.313 e. The van der Waals surface area contributed by atoms with E-state index < -0.39 is 0 Å². The normalized spacial score (nSPS) is 19.2. The van der Waals surface area contributed by atoms with Gasteiger partial charge in [0.05, 0.1) is 0 Å². The van der Waals surface area contributed by atoms with Gasteiger partial charge in [-0.1, -0.05) is 66.2 Å². The molecule has 17 heavy (non-hydrogen) atoms. The molecule has 0 heterocycles. The summed E-state index contributed by atoms with van der Waals surface area (Å²) in [5, 5.41) is 3.48. The van der Waals surface area contributed by atoms with Crippen molar-refractivity contribution >= 4 is 15.9 Å². The number of nitrogens with one attached hydrogen (secondary N) is 1. The van der Waals surface area contributed by atoms with Crippen molar-refractivity contribution < 1.29 is 0 Å². The zero-order chi connectivity index (χ0) is 12.1. The van der Waals surface area contributed by atoms with E-state index in [2.05, 4.69) is 52.6 Å². The van der Waals surface area contributed by atoms with Gasteiger partial charge in [-0.15, -0.1) is 0 Å². The van der Waals surface area contributed by atoms with Gasteiger partial charge in [0.25, 0.3) is 0 Å². The van der Waals surface area contributed by atoms with Crippen molar-refractivity contribution in [3.8, 4) is 0 Å². The van der Waals surface area contributed by atoms with Gasteiger partial charge in [-0.25, -0.2) is 0 Å². The molecule has 0 saturated heterocycles. The van der Waals surface area contributed by atoms with Crippen LogP contribution >= 0.6 is 15.9 Å². The molecular weight excluding hydrogens is 274 g/mol. The summed E-state index contributed by atoms with van der Waals surface area (Å²) in [5.41, 5.74) is 1.40. The Bertz CT molecular complexity index is 345. The van der Waals surface area contributed by atoms with Crippen molar-refractivity contribution in [3.05, 3.63) is 34.3 Å². The first-order chi connectivity index (χ1) is 8.31. The van der Waals surface area contributed by atoms with Crippen LogP contribution < -0.4 is 5.32 Å². The molecule has 1 aliphatic carbocycles. The highest BCUT2D eigenvalue weighted by Gasteiger charge is 2.20. The van der Waals surface area contributed by atoms with Crippen LogP contribution in [0.1, 0.15) is 50.1 Å². The van der Waals surface area contributed by atoms with E-state index in [0.717, 1.165) is 5.92 Å². The molecule has 1 fully saturated rings. The van der Waals surface area contributed by atoms with Gasteiger partial charge in [0.15, 0.2) is 0 Å². The van der Waals surface area contributed by atoms with E-state index >= 15 is 0 Å². The summed E-state index contributed by atoms with van der Waals surface area (Å²) >= 11 is 3.66. The molecule has 0 spiro atoms. The fourth-order valence-electron chi connectivity index (χ4n) is 2.91. The van der Waals surface area contributed by atoms with Crippen molar-refractivity contribution in [2.45, 2.75) is 44.6 Å². The Labute approximate surface area is 113 Å². The smallest absolute Gasteiger partial charge is 0.0331 e. The molecule has 0 aliphatic heterocycles. The SMILES string of the molecule is CNC(CC1CCCCC1)c1ccccc1Br. The summed E-state index contributed by atoms with van der Waals surface area (Å²) in [6, 6.07) is 9.08. The Kier molecular flexibility index (Phi) is 5.05. The maximum atomic E-state index is 3.66. The second-order valence-electron chi connectivity index (χ2n) is 5.10. The summed E-state index contributed by atoms with van der Waals surface area (Å²) in [7, 11) is 2.08. The molecule has 1 N–H and O–H groups in total. The van der Waals surface area contributed by atoms with E-state index in [1.165, 1.54) is 48.6 Å². The van der Waals surface area contributed by atoms with Gasteiger partial charge in [0.2, 0.25) is 0 Å². The molecule has 1 aromatic rings. The molecule has 1 saturated carbocycles. The van der Waals surface area contributed by atoms with E-state index in [1.807, 2.05) is 0 Å². The Balaban J connectivity index is 2.03. The van der Waals surface area contributed by atoms with Crippen LogP contribution in [0.4, 0.5) is 0 Å². The van der Waals surface area contributed by atoms with E-state index in [1.54, 1.807) is 0 Å². The summed E-state index contributed by atoms with van der Waals surface area (Å²) < 4.78 is 1.23. The summed E-state index contributed by atoms with van der Waals surface area (Å²) in [4.78, 5) is 0. The van der Waals surface area contributed by atoms with Crippen LogP contribution in [0.15, 0.2) is 28.7 Å². The average Bonchev–Trinajstić information content (AvgIpc) is 2.38. The predicted molar refractivity (Wildman–Crippen MR) is 77.1 cm³/mol. The highest BCUT2D eigenvalue weighted by atomic mass is 79.9. The molecule has 0 aromatic heterocycles. The average molecular weight is 296 g/mol. The lowest BCUT2D eigenvalue weighted by Crippen LogP contribution is -2.21. The molecule has 1 aliphatic rings. The number of hydrogen-bond donors (Lipinski definition) is 1. The van der Waals surface area contributed by atoms with Crippen LogP contribution in [0.25, 0.3) is 0 Å². The quantitative estimate of drug-likeness (QED) is 0.850. The van der Waals surface area contributed by atoms with Gasteiger partial charge in [-0.3, -0.25) is 0 Å². The van der Waals surface area contributed by atoms with E-state index in [0.29, 0.717) is 6.04 Å². The summed E-state index contributed by atoms with van der Waals surface area (Å²) in [5.74, 6) is 0.910. The minimum absolute atomic E-state index is 0.494. The highest BCUT2D eigenvalue weighted by molar-refractivity contribution is 9.10. The van der Waals surface area contributed by atoms with Crippen LogP contribution in [-0.4, -0.2) is 7.05 Å². The van der Waals surface area contributed by atoms with Gasteiger partial charge in [0.1, 0.15) is 0 Å². The van der Waals surface area contributed by atoms with Crippen LogP contribution in [-0.2, 0) is 0 Å². The lowest BCUT2D eigenvalue weighted by Gasteiger charge is -2.27. The van der Waals surface area contributed by atoms with E-state index in [4.69, 9.17) is 0 Å². The molecule has 1 atom stereocenters. The third-order valence-electron chi connectivity index (χ3n) is 3.92. The Morgan fingerprint density at radius 2 is 1.94 bits per heavy atom. The van der Waals surface area contributed by atoms with Gasteiger partial charge in [-0.2, -0.15) is 0 Å². The third kappa shape index (κ3) is 3.56. The lowest BCUT2D eigenvalue weighted by atomic mass is 9.83. The van der Waals surface area contributed by atoms with Gasteiger partial charge < -0.3 is 5.32 Å². The number of rotatable bonds is 4. The largest absolute Gasteiger partial charge is 0.313 e. The second kappa shape index (κ2) is 6.55. The predicted octanol–water partition coefficient (Wildman–Crippen LogP) is 4.68. The maximum absolute atomic E-state index is 3.66. The molecular formula is C15H22BrN. The molecule has 2 heteroatoms. The Morgan fingerprint density at radius 3 is 2.59 bits per heavy atom. The first kappa shape index (κ1) is 13.1. The van der Waals surface area contributed by atoms with Crippen LogP contribution in [0.5, 0.6) is 0 Å². The Hall–Kier alpha value is -0.340. The second-order valence-corrected chi connectivity index (χ2v) is 5.96. The fourth-order valence-corrected chi connectivity index (χ4v) is 3.48. The number of benzene rings is 1. The number of hydrogen-bond acceptors (Lipinski definition) is 1. The molecule has 2 rings (SSSR count). The van der Waals surface area contributed by atoms with Gasteiger partial charge >= 0.3 is 0 Å². The Morgan fingerprint density at radius 1 is 1.24 bits per heavy atom. The monoisotopic (exact) mass is 295 g/mol. The van der Waals surface area contributed by atoms with Gasteiger partial charge in [0, 0.05) is 10.5 Å². The standard InChI is InChI=1S/C15H22BrN/c1-17-15(11-12-7-3-2-4-8-12)13-9-5-6-10-14(13)16/h5-6,9-10,12,15,17H,2-4,7-8,11H2,1H3. The maximum Gasteiger partial charge on any atom is 0.0331 e. The van der Waals surface area contributed by atoms with E-state index in [9.17, 15) is 0 Å². The topological polar surface area (TPSA) is 12.0 Å². The lowest BCUT2D eigenvalue weighted by molar-refractivity contribution is 0.305. The fraction of sp³-hybridized carbons (Fsp3) is 0.600. The zero-order valence-electron chi connectivity index (χ0n) is 10.6.